The molecule has 1 aromatic carbocycles. The number of hydrogen-bond acceptors (Lipinski definition) is 5. The topological polar surface area (TPSA) is 85.1 Å². The van der Waals surface area contributed by atoms with Crippen molar-refractivity contribution >= 4 is 38.6 Å². The molecule has 112 valence electrons. The zero-order valence-corrected chi connectivity index (χ0v) is 14.0. The molecular weight excluding hydrogens is 326 g/mol. The molecule has 3 N–H and O–H groups in total. The first kappa shape index (κ1) is 16.0. The predicted molar refractivity (Wildman–Crippen MR) is 87.9 cm³/mol. The highest BCUT2D eigenvalue weighted by molar-refractivity contribution is 7.89. The molecule has 1 unspecified atom stereocenters. The van der Waals surface area contributed by atoms with E-state index in [9.17, 15) is 8.42 Å². The molecule has 0 aliphatic heterocycles. The Hall–Kier alpha value is -1.35. The van der Waals surface area contributed by atoms with Crippen molar-refractivity contribution in [2.24, 2.45) is 5.73 Å². The second-order valence-electron chi connectivity index (χ2n) is 4.54. The minimum absolute atomic E-state index is 0.132. The number of aryl methyl sites for hydroxylation is 1. The standard InChI is InChI=1S/C13H15N3O2S3/c1-8-7-15-13(20-8)9(2)16-21(17,18)11-5-3-4-10(6-11)12(14)19/h3-7,9,16H,1-2H3,(H2,14,19). The third-order valence-corrected chi connectivity index (χ3v) is 5.64. The number of nitrogens with zero attached hydrogens (tertiary/aromatic N) is 1. The Morgan fingerprint density at radius 3 is 2.76 bits per heavy atom. The van der Waals surface area contributed by atoms with Gasteiger partial charge in [0.15, 0.2) is 0 Å². The van der Waals surface area contributed by atoms with Gasteiger partial charge in [-0.05, 0) is 26.0 Å². The minimum atomic E-state index is -3.65. The molecule has 0 radical (unpaired) electrons. The first-order chi connectivity index (χ1) is 9.79. The lowest BCUT2D eigenvalue weighted by atomic mass is 10.2. The monoisotopic (exact) mass is 341 g/mol. The average molecular weight is 341 g/mol. The number of sulfonamides is 1. The molecule has 2 aromatic rings. The quantitative estimate of drug-likeness (QED) is 0.814. The average Bonchev–Trinajstić information content (AvgIpc) is 2.85. The molecule has 21 heavy (non-hydrogen) atoms. The summed E-state index contributed by atoms with van der Waals surface area (Å²) in [6.07, 6.45) is 1.72. The molecule has 0 amide bonds. The van der Waals surface area contributed by atoms with E-state index in [2.05, 4.69) is 9.71 Å². The largest absolute Gasteiger partial charge is 0.389 e. The summed E-state index contributed by atoms with van der Waals surface area (Å²) in [4.78, 5) is 5.52. The van der Waals surface area contributed by atoms with Crippen molar-refractivity contribution in [1.29, 1.82) is 0 Å². The van der Waals surface area contributed by atoms with Crippen molar-refractivity contribution in [3.63, 3.8) is 0 Å². The van der Waals surface area contributed by atoms with Gasteiger partial charge in [-0.1, -0.05) is 24.4 Å². The first-order valence-corrected chi connectivity index (χ1v) is 8.85. The van der Waals surface area contributed by atoms with E-state index in [0.717, 1.165) is 9.88 Å². The predicted octanol–water partition coefficient (Wildman–Crippen LogP) is 2.13. The molecule has 0 fully saturated rings. The Morgan fingerprint density at radius 2 is 2.19 bits per heavy atom. The van der Waals surface area contributed by atoms with Gasteiger partial charge < -0.3 is 5.73 Å². The highest BCUT2D eigenvalue weighted by atomic mass is 32.2. The maximum atomic E-state index is 12.4. The molecule has 0 spiro atoms. The number of nitrogens with two attached hydrogens (primary N) is 1. The van der Waals surface area contributed by atoms with Gasteiger partial charge in [-0.2, -0.15) is 0 Å². The second kappa shape index (κ2) is 6.18. The zero-order chi connectivity index (χ0) is 15.6. The number of hydrogen-bond donors (Lipinski definition) is 2. The fourth-order valence-electron chi connectivity index (χ4n) is 1.74. The third kappa shape index (κ3) is 3.85. The molecule has 0 saturated carbocycles. The summed E-state index contributed by atoms with van der Waals surface area (Å²) in [6.45, 7) is 3.68. The maximum absolute atomic E-state index is 12.4. The van der Waals surface area contributed by atoms with Crippen molar-refractivity contribution in [2.75, 3.05) is 0 Å². The fraction of sp³-hybridized carbons (Fsp3) is 0.231. The number of aromatic nitrogens is 1. The second-order valence-corrected chi connectivity index (χ2v) is 7.96. The summed E-state index contributed by atoms with van der Waals surface area (Å²) in [7, 11) is -3.65. The van der Waals surface area contributed by atoms with Gasteiger partial charge in [-0.3, -0.25) is 0 Å². The molecule has 0 saturated heterocycles. The number of nitrogens with one attached hydrogen (secondary N) is 1. The summed E-state index contributed by atoms with van der Waals surface area (Å²) in [5, 5.41) is 0.724. The Kier molecular flexibility index (Phi) is 4.72. The van der Waals surface area contributed by atoms with Gasteiger partial charge in [0.1, 0.15) is 10.00 Å². The van der Waals surface area contributed by atoms with Crippen molar-refractivity contribution in [3.05, 3.63) is 45.9 Å². The summed E-state index contributed by atoms with van der Waals surface area (Å²) < 4.78 is 27.4. The third-order valence-electron chi connectivity index (χ3n) is 2.77. The maximum Gasteiger partial charge on any atom is 0.241 e. The van der Waals surface area contributed by atoms with Crippen LogP contribution in [0, 0.1) is 6.92 Å². The zero-order valence-electron chi connectivity index (χ0n) is 11.5. The van der Waals surface area contributed by atoms with E-state index in [0.29, 0.717) is 5.56 Å². The van der Waals surface area contributed by atoms with Gasteiger partial charge in [0, 0.05) is 16.6 Å². The Labute approximate surface area is 133 Å². The normalized spacial score (nSPS) is 13.0. The number of thiocarbonyl (C=S) groups is 1. The summed E-state index contributed by atoms with van der Waals surface area (Å²) in [5.74, 6) is 0. The van der Waals surface area contributed by atoms with Gasteiger partial charge in [0.25, 0.3) is 0 Å². The van der Waals surface area contributed by atoms with Gasteiger partial charge in [0.05, 0.1) is 10.9 Å². The van der Waals surface area contributed by atoms with E-state index in [1.54, 1.807) is 25.3 Å². The van der Waals surface area contributed by atoms with Crippen LogP contribution in [0.1, 0.15) is 28.4 Å². The van der Waals surface area contributed by atoms with Crippen LogP contribution < -0.4 is 10.5 Å². The van der Waals surface area contributed by atoms with Gasteiger partial charge in [-0.15, -0.1) is 11.3 Å². The molecule has 0 aliphatic carbocycles. The van der Waals surface area contributed by atoms with Crippen molar-refractivity contribution in [2.45, 2.75) is 24.8 Å². The van der Waals surface area contributed by atoms with E-state index in [4.69, 9.17) is 18.0 Å². The van der Waals surface area contributed by atoms with Crippen LogP contribution in [0.5, 0.6) is 0 Å². The molecule has 0 aliphatic rings. The van der Waals surface area contributed by atoms with Crippen molar-refractivity contribution < 1.29 is 8.42 Å². The summed E-state index contributed by atoms with van der Waals surface area (Å²) in [5.41, 5.74) is 6.05. The van der Waals surface area contributed by atoms with E-state index in [1.165, 1.54) is 23.5 Å². The van der Waals surface area contributed by atoms with Crippen LogP contribution in [-0.2, 0) is 10.0 Å². The van der Waals surface area contributed by atoms with Crippen molar-refractivity contribution in [3.8, 4) is 0 Å². The molecule has 1 atom stereocenters. The van der Waals surface area contributed by atoms with Crippen LogP contribution in [-0.4, -0.2) is 18.4 Å². The smallest absolute Gasteiger partial charge is 0.241 e. The molecule has 5 nitrogen and oxygen atoms in total. The van der Waals surface area contributed by atoms with Crippen LogP contribution in [0.4, 0.5) is 0 Å². The SMILES string of the molecule is Cc1cnc(C(C)NS(=O)(=O)c2cccc(C(N)=S)c2)s1. The molecule has 1 heterocycles. The van der Waals surface area contributed by atoms with Gasteiger partial charge >= 0.3 is 0 Å². The molecule has 0 bridgehead atoms. The van der Waals surface area contributed by atoms with Gasteiger partial charge in [-0.25, -0.2) is 18.1 Å². The number of rotatable bonds is 5. The molecule has 2 rings (SSSR count). The van der Waals surface area contributed by atoms with E-state index in [1.807, 2.05) is 6.92 Å². The Bertz CT molecular complexity index is 768. The fourth-order valence-corrected chi connectivity index (χ4v) is 3.97. The Balaban J connectivity index is 2.26. The highest BCUT2D eigenvalue weighted by Crippen LogP contribution is 2.21. The lowest BCUT2D eigenvalue weighted by Crippen LogP contribution is -2.27. The minimum Gasteiger partial charge on any atom is -0.389 e. The van der Waals surface area contributed by atoms with Gasteiger partial charge in [0.2, 0.25) is 10.0 Å². The molecule has 8 heteroatoms. The Morgan fingerprint density at radius 1 is 1.48 bits per heavy atom. The molecule has 1 aromatic heterocycles. The number of thiazole rings is 1. The van der Waals surface area contributed by atoms with Crippen LogP contribution in [0.25, 0.3) is 0 Å². The van der Waals surface area contributed by atoms with E-state index in [-0.39, 0.29) is 9.88 Å². The highest BCUT2D eigenvalue weighted by Gasteiger charge is 2.20. The van der Waals surface area contributed by atoms with Crippen LogP contribution in [0.15, 0.2) is 35.4 Å². The number of benzene rings is 1. The first-order valence-electron chi connectivity index (χ1n) is 6.14. The lowest BCUT2D eigenvalue weighted by Gasteiger charge is -2.12. The van der Waals surface area contributed by atoms with Crippen LogP contribution in [0.2, 0.25) is 0 Å². The summed E-state index contributed by atoms with van der Waals surface area (Å²) in [6, 6.07) is 5.85. The van der Waals surface area contributed by atoms with Crippen molar-refractivity contribution in [1.82, 2.24) is 9.71 Å². The van der Waals surface area contributed by atoms with E-state index < -0.39 is 16.1 Å². The van der Waals surface area contributed by atoms with E-state index >= 15 is 0 Å². The van der Waals surface area contributed by atoms with Crippen LogP contribution in [0.3, 0.4) is 0 Å². The summed E-state index contributed by atoms with van der Waals surface area (Å²) >= 11 is 6.33. The lowest BCUT2D eigenvalue weighted by molar-refractivity contribution is 0.566. The van der Waals surface area contributed by atoms with Crippen LogP contribution >= 0.6 is 23.6 Å². The molecular formula is C13H15N3O2S3.